The fraction of sp³-hybridized carbons (Fsp3) is 0.250. The smallest absolute Gasteiger partial charge is 0.266 e. The van der Waals surface area contributed by atoms with Crippen molar-refractivity contribution in [1.29, 1.82) is 0 Å². The maximum absolute atomic E-state index is 13.1. The van der Waals surface area contributed by atoms with Crippen LogP contribution in [-0.4, -0.2) is 40.2 Å². The normalized spacial score (nSPS) is 10.9. The number of para-hydroxylation sites is 1. The van der Waals surface area contributed by atoms with E-state index in [1.807, 2.05) is 50.2 Å². The van der Waals surface area contributed by atoms with Crippen LogP contribution in [0.25, 0.3) is 16.6 Å². The van der Waals surface area contributed by atoms with Crippen molar-refractivity contribution in [2.24, 2.45) is 0 Å². The second-order valence-corrected chi connectivity index (χ2v) is 7.34. The third-order valence-electron chi connectivity index (χ3n) is 4.32. The Morgan fingerprint density at radius 3 is 2.54 bits per heavy atom. The lowest BCUT2D eigenvalue weighted by molar-refractivity contribution is -0.125. The van der Waals surface area contributed by atoms with Crippen molar-refractivity contribution in [3.8, 4) is 5.69 Å². The van der Waals surface area contributed by atoms with Crippen LogP contribution < -0.4 is 5.56 Å². The van der Waals surface area contributed by atoms with Crippen molar-refractivity contribution in [3.05, 3.63) is 63.9 Å². The minimum absolute atomic E-state index is 0.0240. The monoisotopic (exact) mass is 367 g/mol. The van der Waals surface area contributed by atoms with Crippen LogP contribution >= 0.6 is 11.8 Å². The van der Waals surface area contributed by atoms with Crippen LogP contribution in [0.15, 0.2) is 52.4 Å². The van der Waals surface area contributed by atoms with Crippen molar-refractivity contribution in [1.82, 2.24) is 14.5 Å². The molecule has 0 aliphatic rings. The standard InChI is InChI=1S/C20H21N3O2S/c1-13-9-10-15(11-14(13)2)23-19(25)16-7-5-6-8-17(16)21-20(23)26-12-18(24)22(3)4/h5-11H,12H2,1-4H3. The van der Waals surface area contributed by atoms with Gasteiger partial charge in [-0.15, -0.1) is 0 Å². The van der Waals surface area contributed by atoms with Crippen molar-refractivity contribution >= 4 is 28.6 Å². The van der Waals surface area contributed by atoms with Crippen molar-refractivity contribution in [3.63, 3.8) is 0 Å². The van der Waals surface area contributed by atoms with Crippen LogP contribution in [0.5, 0.6) is 0 Å². The predicted octanol–water partition coefficient (Wildman–Crippen LogP) is 3.18. The van der Waals surface area contributed by atoms with Gasteiger partial charge in [0.2, 0.25) is 5.91 Å². The Labute approximate surface area is 156 Å². The van der Waals surface area contributed by atoms with E-state index in [0.29, 0.717) is 16.1 Å². The Morgan fingerprint density at radius 1 is 1.12 bits per heavy atom. The lowest BCUT2D eigenvalue weighted by atomic mass is 10.1. The summed E-state index contributed by atoms with van der Waals surface area (Å²) in [5, 5.41) is 1.08. The molecule has 5 nitrogen and oxygen atoms in total. The Kier molecular flexibility index (Phi) is 5.13. The van der Waals surface area contributed by atoms with E-state index in [9.17, 15) is 9.59 Å². The lowest BCUT2D eigenvalue weighted by Gasteiger charge is -2.15. The Bertz CT molecular complexity index is 1040. The topological polar surface area (TPSA) is 55.2 Å². The maximum atomic E-state index is 13.1. The number of rotatable bonds is 4. The van der Waals surface area contributed by atoms with Crippen LogP contribution in [-0.2, 0) is 4.79 Å². The van der Waals surface area contributed by atoms with Gasteiger partial charge in [0.15, 0.2) is 5.16 Å². The number of thioether (sulfide) groups is 1. The molecule has 6 heteroatoms. The van der Waals surface area contributed by atoms with E-state index in [-0.39, 0.29) is 17.2 Å². The third kappa shape index (κ3) is 3.51. The number of hydrogen-bond donors (Lipinski definition) is 0. The van der Waals surface area contributed by atoms with Crippen molar-refractivity contribution in [2.45, 2.75) is 19.0 Å². The number of amides is 1. The molecule has 1 aromatic heterocycles. The van der Waals surface area contributed by atoms with Gasteiger partial charge in [-0.3, -0.25) is 14.2 Å². The van der Waals surface area contributed by atoms with Crippen LogP contribution in [0.2, 0.25) is 0 Å². The largest absolute Gasteiger partial charge is 0.348 e. The van der Waals surface area contributed by atoms with Gasteiger partial charge in [-0.05, 0) is 49.2 Å². The molecule has 1 amide bonds. The second-order valence-electron chi connectivity index (χ2n) is 6.40. The first kappa shape index (κ1) is 18.2. The summed E-state index contributed by atoms with van der Waals surface area (Å²) in [5.74, 6) is 0.201. The Balaban J connectivity index is 2.18. The zero-order valence-electron chi connectivity index (χ0n) is 15.3. The minimum atomic E-state index is -0.126. The molecule has 0 atom stereocenters. The molecular formula is C20H21N3O2S. The first-order valence-electron chi connectivity index (χ1n) is 8.31. The summed E-state index contributed by atoms with van der Waals surface area (Å²) < 4.78 is 1.60. The summed E-state index contributed by atoms with van der Waals surface area (Å²) in [5.41, 5.74) is 3.53. The Hall–Kier alpha value is -2.60. The van der Waals surface area contributed by atoms with Gasteiger partial charge in [-0.2, -0.15) is 0 Å². The zero-order chi connectivity index (χ0) is 18.8. The third-order valence-corrected chi connectivity index (χ3v) is 5.24. The number of nitrogens with zero attached hydrogens (tertiary/aromatic N) is 3. The van der Waals surface area contributed by atoms with Gasteiger partial charge in [0.1, 0.15) is 0 Å². The second kappa shape index (κ2) is 7.33. The summed E-state index contributed by atoms with van der Waals surface area (Å²) in [6.45, 7) is 4.05. The molecule has 0 saturated heterocycles. The Morgan fingerprint density at radius 2 is 1.85 bits per heavy atom. The van der Waals surface area contributed by atoms with Gasteiger partial charge in [0.05, 0.1) is 22.3 Å². The molecule has 2 aromatic carbocycles. The molecule has 0 aliphatic heterocycles. The van der Waals surface area contributed by atoms with E-state index in [4.69, 9.17) is 0 Å². The molecule has 0 radical (unpaired) electrons. The molecule has 0 bridgehead atoms. The SMILES string of the molecule is Cc1ccc(-n2c(SCC(=O)N(C)C)nc3ccccc3c2=O)cc1C. The van der Waals surface area contributed by atoms with Gasteiger partial charge < -0.3 is 4.90 Å². The van der Waals surface area contributed by atoms with E-state index in [1.54, 1.807) is 24.7 Å². The van der Waals surface area contributed by atoms with E-state index in [2.05, 4.69) is 4.98 Å². The highest BCUT2D eigenvalue weighted by molar-refractivity contribution is 7.99. The highest BCUT2D eigenvalue weighted by Gasteiger charge is 2.15. The van der Waals surface area contributed by atoms with Crippen LogP contribution in [0, 0.1) is 13.8 Å². The average molecular weight is 367 g/mol. The summed E-state index contributed by atoms with van der Waals surface area (Å²) in [4.78, 5) is 31.3. The zero-order valence-corrected chi connectivity index (χ0v) is 16.1. The van der Waals surface area contributed by atoms with Gasteiger partial charge in [-0.25, -0.2) is 4.98 Å². The van der Waals surface area contributed by atoms with Crippen molar-refractivity contribution in [2.75, 3.05) is 19.8 Å². The molecule has 3 aromatic rings. The van der Waals surface area contributed by atoms with Crippen LogP contribution in [0.1, 0.15) is 11.1 Å². The van der Waals surface area contributed by atoms with Crippen LogP contribution in [0.3, 0.4) is 0 Å². The molecule has 1 heterocycles. The van der Waals surface area contributed by atoms with Gasteiger partial charge in [0.25, 0.3) is 5.56 Å². The number of hydrogen-bond acceptors (Lipinski definition) is 4. The molecule has 0 spiro atoms. The summed E-state index contributed by atoms with van der Waals surface area (Å²) in [6, 6.07) is 13.2. The summed E-state index contributed by atoms with van der Waals surface area (Å²) in [6.07, 6.45) is 0. The molecule has 0 aliphatic carbocycles. The molecule has 0 fully saturated rings. The van der Waals surface area contributed by atoms with Gasteiger partial charge >= 0.3 is 0 Å². The first-order valence-corrected chi connectivity index (χ1v) is 9.29. The number of carbonyl (C=O) groups excluding carboxylic acids is 1. The molecule has 0 N–H and O–H groups in total. The predicted molar refractivity (Wildman–Crippen MR) is 106 cm³/mol. The summed E-state index contributed by atoms with van der Waals surface area (Å²) >= 11 is 1.28. The van der Waals surface area contributed by atoms with Crippen molar-refractivity contribution < 1.29 is 4.79 Å². The summed E-state index contributed by atoms with van der Waals surface area (Å²) in [7, 11) is 3.43. The van der Waals surface area contributed by atoms with E-state index < -0.39 is 0 Å². The first-order chi connectivity index (χ1) is 12.4. The molecule has 0 unspecified atom stereocenters. The van der Waals surface area contributed by atoms with E-state index in [1.165, 1.54) is 16.7 Å². The number of carbonyl (C=O) groups is 1. The quantitative estimate of drug-likeness (QED) is 0.525. The molecular weight excluding hydrogens is 346 g/mol. The highest BCUT2D eigenvalue weighted by atomic mass is 32.2. The van der Waals surface area contributed by atoms with Crippen LogP contribution in [0.4, 0.5) is 0 Å². The number of fused-ring (bicyclic) bond motifs is 1. The van der Waals surface area contributed by atoms with E-state index >= 15 is 0 Å². The highest BCUT2D eigenvalue weighted by Crippen LogP contribution is 2.22. The number of aromatic nitrogens is 2. The molecule has 0 saturated carbocycles. The maximum Gasteiger partial charge on any atom is 0.266 e. The van der Waals surface area contributed by atoms with Gasteiger partial charge in [0, 0.05) is 14.1 Å². The minimum Gasteiger partial charge on any atom is -0.348 e. The van der Waals surface area contributed by atoms with E-state index in [0.717, 1.165) is 16.8 Å². The number of benzene rings is 2. The fourth-order valence-electron chi connectivity index (χ4n) is 2.56. The molecule has 3 rings (SSSR count). The number of aryl methyl sites for hydroxylation is 2. The lowest BCUT2D eigenvalue weighted by Crippen LogP contribution is -2.25. The molecule has 26 heavy (non-hydrogen) atoms. The average Bonchev–Trinajstić information content (AvgIpc) is 2.62. The fourth-order valence-corrected chi connectivity index (χ4v) is 3.55. The molecule has 134 valence electrons. The van der Waals surface area contributed by atoms with Gasteiger partial charge in [-0.1, -0.05) is 30.0 Å².